The Hall–Kier alpha value is -1.85. The molecule has 0 aromatic heterocycles. The Morgan fingerprint density at radius 2 is 2.05 bits per heavy atom. The van der Waals surface area contributed by atoms with Gasteiger partial charge in [0.1, 0.15) is 5.82 Å². The lowest BCUT2D eigenvalue weighted by Crippen LogP contribution is -2.35. The third kappa shape index (κ3) is 4.06. The summed E-state index contributed by atoms with van der Waals surface area (Å²) in [6, 6.07) is 1.21. The van der Waals surface area contributed by atoms with Crippen molar-refractivity contribution < 1.29 is 13.5 Å². The first kappa shape index (κ1) is 17.2. The molecular weight excluding hydrogens is 297 g/mol. The number of halogens is 1. The van der Waals surface area contributed by atoms with Gasteiger partial charge in [0.15, 0.2) is 0 Å². The van der Waals surface area contributed by atoms with E-state index in [4.69, 9.17) is 6.57 Å². The number of hydrogen-bond acceptors (Lipinski definition) is 3. The molecule has 21 heavy (non-hydrogen) atoms. The predicted molar refractivity (Wildman–Crippen MR) is 78.8 cm³/mol. The Bertz CT molecular complexity index is 635. The van der Waals surface area contributed by atoms with Crippen molar-refractivity contribution in [3.8, 4) is 0 Å². The van der Waals surface area contributed by atoms with E-state index in [0.717, 1.165) is 12.1 Å². The summed E-state index contributed by atoms with van der Waals surface area (Å²) in [5.41, 5.74) is -0.838. The van der Waals surface area contributed by atoms with Crippen LogP contribution in [-0.4, -0.2) is 13.9 Å². The van der Waals surface area contributed by atoms with Crippen LogP contribution in [0, 0.1) is 22.5 Å². The minimum atomic E-state index is -1.47. The van der Waals surface area contributed by atoms with Gasteiger partial charge in [-0.2, -0.15) is 0 Å². The summed E-state index contributed by atoms with van der Waals surface area (Å²) in [6.07, 6.45) is 0. The Kier molecular flexibility index (Phi) is 5.15. The maximum absolute atomic E-state index is 14.1. The second-order valence-corrected chi connectivity index (χ2v) is 7.46. The van der Waals surface area contributed by atoms with Gasteiger partial charge in [-0.15, -0.1) is 0 Å². The van der Waals surface area contributed by atoms with Crippen LogP contribution in [0.3, 0.4) is 0 Å². The standard InChI is InChI=1S/C13H16FN3O3S/c1-8(16-21(20)13(2,3)4)10-6-9(17(18)19)7-11(15-5)12(10)14/h6-8,16H,1-4H3/t8-,21-/m1/s1. The molecule has 0 bridgehead atoms. The molecule has 114 valence electrons. The molecule has 0 saturated carbocycles. The lowest BCUT2D eigenvalue weighted by molar-refractivity contribution is -0.384. The molecule has 1 aromatic carbocycles. The molecule has 1 aromatic rings. The van der Waals surface area contributed by atoms with Crippen molar-refractivity contribution in [1.82, 2.24) is 4.72 Å². The highest BCUT2D eigenvalue weighted by Gasteiger charge is 2.25. The van der Waals surface area contributed by atoms with Crippen LogP contribution in [0.15, 0.2) is 12.1 Å². The van der Waals surface area contributed by atoms with Gasteiger partial charge in [-0.25, -0.2) is 18.2 Å². The van der Waals surface area contributed by atoms with E-state index in [1.807, 2.05) is 0 Å². The van der Waals surface area contributed by atoms with E-state index in [1.54, 1.807) is 27.7 Å². The van der Waals surface area contributed by atoms with Crippen LogP contribution in [0.1, 0.15) is 39.3 Å². The zero-order valence-corrected chi connectivity index (χ0v) is 13.0. The monoisotopic (exact) mass is 313 g/mol. The first-order valence-corrected chi connectivity index (χ1v) is 7.26. The zero-order valence-electron chi connectivity index (χ0n) is 12.1. The highest BCUT2D eigenvalue weighted by Crippen LogP contribution is 2.31. The molecule has 0 saturated heterocycles. The highest BCUT2D eigenvalue weighted by molar-refractivity contribution is 7.84. The van der Waals surface area contributed by atoms with Crippen LogP contribution in [0.5, 0.6) is 0 Å². The third-order valence-corrected chi connectivity index (χ3v) is 4.38. The Balaban J connectivity index is 3.23. The number of non-ortho nitro benzene ring substituents is 1. The Labute approximate surface area is 124 Å². The lowest BCUT2D eigenvalue weighted by Gasteiger charge is -2.22. The second-order valence-electron chi connectivity index (χ2n) is 5.46. The molecule has 6 nitrogen and oxygen atoms in total. The van der Waals surface area contributed by atoms with Crippen molar-refractivity contribution in [3.63, 3.8) is 0 Å². The molecule has 1 rings (SSSR count). The topological polar surface area (TPSA) is 76.6 Å². The van der Waals surface area contributed by atoms with Gasteiger partial charge in [-0.1, -0.05) is 0 Å². The van der Waals surface area contributed by atoms with E-state index in [0.29, 0.717) is 0 Å². The SMILES string of the molecule is [C-]#[N+]c1cc([N+](=O)[O-])cc([C@@H](C)N[S@](=O)C(C)(C)C)c1F. The van der Waals surface area contributed by atoms with Crippen molar-refractivity contribution in [3.05, 3.63) is 45.0 Å². The van der Waals surface area contributed by atoms with Gasteiger partial charge < -0.3 is 0 Å². The number of nitrogens with zero attached hydrogens (tertiary/aromatic N) is 2. The molecule has 0 heterocycles. The van der Waals surface area contributed by atoms with Gasteiger partial charge in [0.05, 0.1) is 27.2 Å². The largest absolute Gasteiger partial charge is 0.259 e. The van der Waals surface area contributed by atoms with E-state index in [1.165, 1.54) is 0 Å². The molecular formula is C13H16FN3O3S. The first-order chi connectivity index (χ1) is 9.57. The summed E-state index contributed by atoms with van der Waals surface area (Å²) in [5, 5.41) is 10.8. The fourth-order valence-electron chi connectivity index (χ4n) is 1.52. The minimum absolute atomic E-state index is 0.0483. The van der Waals surface area contributed by atoms with Gasteiger partial charge in [0, 0.05) is 23.7 Å². The average Bonchev–Trinajstić information content (AvgIpc) is 2.37. The van der Waals surface area contributed by atoms with Gasteiger partial charge in [-0.3, -0.25) is 10.1 Å². The number of nitro groups is 1. The van der Waals surface area contributed by atoms with Crippen LogP contribution >= 0.6 is 0 Å². The summed E-state index contributed by atoms with van der Waals surface area (Å²) in [7, 11) is -1.47. The minimum Gasteiger partial charge on any atom is -0.258 e. The summed E-state index contributed by atoms with van der Waals surface area (Å²) in [5.74, 6) is -0.832. The van der Waals surface area contributed by atoms with E-state index >= 15 is 0 Å². The van der Waals surface area contributed by atoms with E-state index in [2.05, 4.69) is 9.57 Å². The molecule has 0 aliphatic carbocycles. The van der Waals surface area contributed by atoms with Gasteiger partial charge in [0.25, 0.3) is 5.69 Å². The summed E-state index contributed by atoms with van der Waals surface area (Å²) in [4.78, 5) is 13.1. The maximum atomic E-state index is 14.1. The second kappa shape index (κ2) is 6.28. The van der Waals surface area contributed by atoms with Gasteiger partial charge >= 0.3 is 0 Å². The molecule has 2 atom stereocenters. The van der Waals surface area contributed by atoms with Crippen LogP contribution in [-0.2, 0) is 11.0 Å². The van der Waals surface area contributed by atoms with E-state index in [9.17, 15) is 18.7 Å². The quantitative estimate of drug-likeness (QED) is 0.526. The van der Waals surface area contributed by atoms with E-state index in [-0.39, 0.29) is 11.3 Å². The molecule has 0 aliphatic heterocycles. The molecule has 0 spiro atoms. The van der Waals surface area contributed by atoms with Crippen molar-refractivity contribution in [1.29, 1.82) is 0 Å². The molecule has 1 N–H and O–H groups in total. The Morgan fingerprint density at radius 1 is 1.48 bits per heavy atom. The number of nitrogens with one attached hydrogen (secondary N) is 1. The van der Waals surface area contributed by atoms with Crippen LogP contribution < -0.4 is 4.72 Å². The van der Waals surface area contributed by atoms with Crippen molar-refractivity contribution in [2.45, 2.75) is 38.5 Å². The summed E-state index contributed by atoms with van der Waals surface area (Å²) < 4.78 is 28.3. The predicted octanol–water partition coefficient (Wildman–Crippen LogP) is 3.40. The van der Waals surface area contributed by atoms with Crippen molar-refractivity contribution >= 4 is 22.4 Å². The van der Waals surface area contributed by atoms with Crippen LogP contribution in [0.4, 0.5) is 15.8 Å². The zero-order chi connectivity index (χ0) is 16.4. The molecule has 0 unspecified atom stereocenters. The molecule has 0 radical (unpaired) electrons. The molecule has 0 fully saturated rings. The summed E-state index contributed by atoms with van der Waals surface area (Å²) in [6.45, 7) is 13.7. The van der Waals surface area contributed by atoms with Gasteiger partial charge in [0.2, 0.25) is 5.69 Å². The molecule has 8 heteroatoms. The van der Waals surface area contributed by atoms with E-state index < -0.39 is 38.2 Å². The van der Waals surface area contributed by atoms with Crippen LogP contribution in [0.2, 0.25) is 0 Å². The maximum Gasteiger partial charge on any atom is 0.259 e. The summed E-state index contributed by atoms with van der Waals surface area (Å²) >= 11 is 0. The molecule has 0 aliphatic rings. The highest BCUT2D eigenvalue weighted by atomic mass is 32.2. The number of nitro benzene ring substituents is 1. The number of benzene rings is 1. The Morgan fingerprint density at radius 3 is 2.48 bits per heavy atom. The van der Waals surface area contributed by atoms with Crippen LogP contribution in [0.25, 0.3) is 4.85 Å². The number of hydrogen-bond donors (Lipinski definition) is 1. The molecule has 0 amide bonds. The first-order valence-electron chi connectivity index (χ1n) is 6.11. The average molecular weight is 313 g/mol. The third-order valence-electron chi connectivity index (χ3n) is 2.70. The van der Waals surface area contributed by atoms with Crippen molar-refractivity contribution in [2.75, 3.05) is 0 Å². The normalized spacial score (nSPS) is 14.3. The van der Waals surface area contributed by atoms with Crippen molar-refractivity contribution in [2.24, 2.45) is 0 Å². The lowest BCUT2D eigenvalue weighted by atomic mass is 10.1. The van der Waals surface area contributed by atoms with Gasteiger partial charge in [-0.05, 0) is 27.7 Å². The number of rotatable bonds is 4. The fourth-order valence-corrected chi connectivity index (χ4v) is 2.32. The fraction of sp³-hybridized carbons (Fsp3) is 0.462. The smallest absolute Gasteiger partial charge is 0.258 e.